The molecule has 0 amide bonds. The monoisotopic (exact) mass is 301 g/mol. The molecule has 0 heterocycles. The van der Waals surface area contributed by atoms with Crippen molar-refractivity contribution in [3.63, 3.8) is 0 Å². The van der Waals surface area contributed by atoms with Crippen LogP contribution in [0.2, 0.25) is 0 Å². The lowest BCUT2D eigenvalue weighted by Crippen LogP contribution is -2.21. The van der Waals surface area contributed by atoms with Crippen LogP contribution in [0.5, 0.6) is 0 Å². The van der Waals surface area contributed by atoms with E-state index in [-0.39, 0.29) is 0 Å². The van der Waals surface area contributed by atoms with E-state index < -0.39 is 0 Å². The second-order valence-electron chi connectivity index (χ2n) is 3.79. The molecule has 88 valence electrons. The highest BCUT2D eigenvalue weighted by Gasteiger charge is 2.02. The smallest absolute Gasteiger partial charge is 0.104 e. The van der Waals surface area contributed by atoms with E-state index in [9.17, 15) is 0 Å². The maximum absolute atomic E-state index is 5.56. The number of anilines is 1. The standard InChI is InChI=1S/C11H16BrN3S/c1-15(2)6-5-14-10-4-3-8(11(13)16)7-9(10)12/h3-4,7,14H,5-6H2,1-2H3,(H2,13,16). The van der Waals surface area contributed by atoms with Gasteiger partial charge in [-0.3, -0.25) is 0 Å². The predicted octanol–water partition coefficient (Wildman–Crippen LogP) is 2.06. The molecule has 0 fully saturated rings. The van der Waals surface area contributed by atoms with Gasteiger partial charge in [0.25, 0.3) is 0 Å². The zero-order chi connectivity index (χ0) is 12.1. The van der Waals surface area contributed by atoms with Gasteiger partial charge in [-0.2, -0.15) is 0 Å². The quantitative estimate of drug-likeness (QED) is 0.817. The van der Waals surface area contributed by atoms with Crippen molar-refractivity contribution in [1.82, 2.24) is 4.90 Å². The molecule has 3 N–H and O–H groups in total. The van der Waals surface area contributed by atoms with Gasteiger partial charge in [0, 0.05) is 28.8 Å². The molecule has 5 heteroatoms. The van der Waals surface area contributed by atoms with Crippen LogP contribution >= 0.6 is 28.1 Å². The Labute approximate surface area is 110 Å². The summed E-state index contributed by atoms with van der Waals surface area (Å²) in [6, 6.07) is 5.83. The van der Waals surface area contributed by atoms with E-state index in [0.717, 1.165) is 28.8 Å². The fourth-order valence-electron chi connectivity index (χ4n) is 1.23. The van der Waals surface area contributed by atoms with Gasteiger partial charge in [-0.05, 0) is 48.2 Å². The lowest BCUT2D eigenvalue weighted by Gasteiger charge is -2.13. The van der Waals surface area contributed by atoms with E-state index in [1.54, 1.807) is 0 Å². The Morgan fingerprint density at radius 3 is 2.69 bits per heavy atom. The molecule has 0 unspecified atom stereocenters. The maximum Gasteiger partial charge on any atom is 0.104 e. The molecule has 0 spiro atoms. The number of rotatable bonds is 5. The summed E-state index contributed by atoms with van der Waals surface area (Å²) >= 11 is 8.41. The van der Waals surface area contributed by atoms with Crippen LogP contribution in [0.25, 0.3) is 0 Å². The Balaban J connectivity index is 2.64. The summed E-state index contributed by atoms with van der Waals surface area (Å²) < 4.78 is 0.983. The maximum atomic E-state index is 5.56. The summed E-state index contributed by atoms with van der Waals surface area (Å²) in [6.45, 7) is 1.89. The van der Waals surface area contributed by atoms with Crippen LogP contribution in [-0.4, -0.2) is 37.1 Å². The van der Waals surface area contributed by atoms with Crippen molar-refractivity contribution < 1.29 is 0 Å². The molecule has 1 aromatic rings. The molecule has 3 nitrogen and oxygen atoms in total. The summed E-state index contributed by atoms with van der Waals surface area (Å²) in [5.41, 5.74) is 7.49. The zero-order valence-electron chi connectivity index (χ0n) is 9.46. The molecule has 0 aliphatic heterocycles. The number of thiocarbonyl (C=S) groups is 1. The van der Waals surface area contributed by atoms with Crippen molar-refractivity contribution in [2.75, 3.05) is 32.5 Å². The van der Waals surface area contributed by atoms with Gasteiger partial charge >= 0.3 is 0 Å². The molecular formula is C11H16BrN3S. The number of hydrogen-bond acceptors (Lipinski definition) is 3. The van der Waals surface area contributed by atoms with Gasteiger partial charge in [0.1, 0.15) is 4.99 Å². The minimum absolute atomic E-state index is 0.417. The van der Waals surface area contributed by atoms with E-state index in [2.05, 4.69) is 26.1 Å². The number of likely N-dealkylation sites (N-methyl/N-ethyl adjacent to an activating group) is 1. The first-order chi connectivity index (χ1) is 7.50. The molecule has 0 saturated carbocycles. The minimum Gasteiger partial charge on any atom is -0.389 e. The summed E-state index contributed by atoms with van der Waals surface area (Å²) in [7, 11) is 4.10. The van der Waals surface area contributed by atoms with Gasteiger partial charge in [0.05, 0.1) is 0 Å². The molecule has 1 rings (SSSR count). The third-order valence-electron chi connectivity index (χ3n) is 2.13. The van der Waals surface area contributed by atoms with Crippen LogP contribution in [0.3, 0.4) is 0 Å². The predicted molar refractivity (Wildman–Crippen MR) is 77.1 cm³/mol. The lowest BCUT2D eigenvalue weighted by molar-refractivity contribution is 0.425. The lowest BCUT2D eigenvalue weighted by atomic mass is 10.2. The number of nitrogens with one attached hydrogen (secondary N) is 1. The Bertz CT molecular complexity index is 379. The molecular weight excluding hydrogens is 286 g/mol. The highest BCUT2D eigenvalue weighted by atomic mass is 79.9. The van der Waals surface area contributed by atoms with E-state index in [0.29, 0.717) is 4.99 Å². The molecule has 0 atom stereocenters. The Morgan fingerprint density at radius 1 is 1.50 bits per heavy atom. The summed E-state index contributed by atoms with van der Waals surface area (Å²) in [6.07, 6.45) is 0. The van der Waals surface area contributed by atoms with Crippen molar-refractivity contribution >= 4 is 38.8 Å². The second kappa shape index (κ2) is 6.18. The fraction of sp³-hybridized carbons (Fsp3) is 0.364. The van der Waals surface area contributed by atoms with Gasteiger partial charge in [-0.25, -0.2) is 0 Å². The second-order valence-corrected chi connectivity index (χ2v) is 5.08. The zero-order valence-corrected chi connectivity index (χ0v) is 11.9. The Morgan fingerprint density at radius 2 is 2.19 bits per heavy atom. The number of nitrogens with zero attached hydrogens (tertiary/aromatic N) is 1. The van der Waals surface area contributed by atoms with Crippen LogP contribution in [0.1, 0.15) is 5.56 Å². The van der Waals surface area contributed by atoms with Crippen molar-refractivity contribution in [1.29, 1.82) is 0 Å². The minimum atomic E-state index is 0.417. The summed E-state index contributed by atoms with van der Waals surface area (Å²) in [4.78, 5) is 2.55. The number of halogens is 1. The first-order valence-electron chi connectivity index (χ1n) is 4.98. The number of benzene rings is 1. The normalized spacial score (nSPS) is 10.5. The number of nitrogens with two attached hydrogens (primary N) is 1. The SMILES string of the molecule is CN(C)CCNc1ccc(C(N)=S)cc1Br. The molecule has 0 aliphatic rings. The third kappa shape index (κ3) is 4.08. The van der Waals surface area contributed by atoms with Gasteiger partial charge in [0.2, 0.25) is 0 Å². The Hall–Kier alpha value is -0.650. The van der Waals surface area contributed by atoms with E-state index in [1.165, 1.54) is 0 Å². The van der Waals surface area contributed by atoms with Crippen molar-refractivity contribution in [2.24, 2.45) is 5.73 Å². The average molecular weight is 302 g/mol. The van der Waals surface area contributed by atoms with Gasteiger partial charge in [-0.15, -0.1) is 0 Å². The number of hydrogen-bond donors (Lipinski definition) is 2. The fourth-order valence-corrected chi connectivity index (χ4v) is 1.87. The molecule has 16 heavy (non-hydrogen) atoms. The topological polar surface area (TPSA) is 41.3 Å². The first kappa shape index (κ1) is 13.4. The van der Waals surface area contributed by atoms with Crippen molar-refractivity contribution in [3.05, 3.63) is 28.2 Å². The van der Waals surface area contributed by atoms with Crippen LogP contribution in [0.15, 0.2) is 22.7 Å². The van der Waals surface area contributed by atoms with Crippen LogP contribution in [-0.2, 0) is 0 Å². The highest BCUT2D eigenvalue weighted by Crippen LogP contribution is 2.23. The van der Waals surface area contributed by atoms with E-state index in [1.807, 2.05) is 32.3 Å². The first-order valence-corrected chi connectivity index (χ1v) is 6.19. The summed E-state index contributed by atoms with van der Waals surface area (Å²) in [5, 5.41) is 3.34. The molecule has 0 saturated heterocycles. The van der Waals surface area contributed by atoms with E-state index >= 15 is 0 Å². The van der Waals surface area contributed by atoms with Crippen LogP contribution < -0.4 is 11.1 Å². The molecule has 0 radical (unpaired) electrons. The molecule has 0 aromatic heterocycles. The van der Waals surface area contributed by atoms with Crippen molar-refractivity contribution in [2.45, 2.75) is 0 Å². The van der Waals surface area contributed by atoms with Gasteiger partial charge in [-0.1, -0.05) is 12.2 Å². The third-order valence-corrected chi connectivity index (χ3v) is 3.02. The molecule has 0 aliphatic carbocycles. The largest absolute Gasteiger partial charge is 0.389 e. The van der Waals surface area contributed by atoms with Gasteiger partial charge < -0.3 is 16.0 Å². The average Bonchev–Trinajstić information content (AvgIpc) is 2.19. The summed E-state index contributed by atoms with van der Waals surface area (Å²) in [5.74, 6) is 0. The molecule has 1 aromatic carbocycles. The van der Waals surface area contributed by atoms with Crippen LogP contribution in [0, 0.1) is 0 Å². The molecule has 0 bridgehead atoms. The Kier molecular flexibility index (Phi) is 5.18. The van der Waals surface area contributed by atoms with Crippen molar-refractivity contribution in [3.8, 4) is 0 Å². The van der Waals surface area contributed by atoms with Gasteiger partial charge in [0.15, 0.2) is 0 Å². The van der Waals surface area contributed by atoms with E-state index in [4.69, 9.17) is 18.0 Å². The van der Waals surface area contributed by atoms with Crippen LogP contribution in [0.4, 0.5) is 5.69 Å². The highest BCUT2D eigenvalue weighted by molar-refractivity contribution is 9.10.